The predicted molar refractivity (Wildman–Crippen MR) is 132 cm³/mol. The smallest absolute Gasteiger partial charge is 0.338 e. The molecule has 0 spiro atoms. The maximum Gasteiger partial charge on any atom is 0.338 e. The van der Waals surface area contributed by atoms with Gasteiger partial charge in [0.25, 0.3) is 5.91 Å². The van der Waals surface area contributed by atoms with E-state index in [2.05, 4.69) is 5.32 Å². The third kappa shape index (κ3) is 5.96. The number of fused-ring (bicyclic) bond motifs is 1. The zero-order valence-electron chi connectivity index (χ0n) is 19.5. The van der Waals surface area contributed by atoms with E-state index >= 15 is 0 Å². The third-order valence-electron chi connectivity index (χ3n) is 6.03. The summed E-state index contributed by atoms with van der Waals surface area (Å²) in [7, 11) is -3.70. The van der Waals surface area contributed by atoms with Gasteiger partial charge in [0.05, 0.1) is 10.5 Å². The topological polar surface area (TPSA) is 92.8 Å². The van der Waals surface area contributed by atoms with E-state index in [1.165, 1.54) is 35.5 Å². The summed E-state index contributed by atoms with van der Waals surface area (Å²) in [5, 5.41) is 2.76. The van der Waals surface area contributed by atoms with Crippen molar-refractivity contribution in [1.29, 1.82) is 0 Å². The van der Waals surface area contributed by atoms with Crippen LogP contribution in [0.4, 0.5) is 0 Å². The Labute approximate surface area is 205 Å². The maximum absolute atomic E-state index is 13.1. The summed E-state index contributed by atoms with van der Waals surface area (Å²) in [5.74, 6) is -1.08. The lowest BCUT2D eigenvalue weighted by molar-refractivity contribution is -0.129. The van der Waals surface area contributed by atoms with Crippen molar-refractivity contribution in [1.82, 2.24) is 9.62 Å². The van der Waals surface area contributed by atoms with Gasteiger partial charge in [0.2, 0.25) is 10.0 Å². The first-order valence-corrected chi connectivity index (χ1v) is 13.0. The fourth-order valence-corrected chi connectivity index (χ4v) is 5.41. The molecule has 3 aromatic rings. The number of esters is 1. The van der Waals surface area contributed by atoms with Gasteiger partial charge in [-0.3, -0.25) is 4.79 Å². The van der Waals surface area contributed by atoms with Gasteiger partial charge in [-0.15, -0.1) is 0 Å². The SMILES string of the molecule is CC(OC(=O)c1ccc(S(=O)(=O)N2CCc3ccccc3C2)cc1)C(=O)NCCc1ccccc1. The van der Waals surface area contributed by atoms with Gasteiger partial charge in [0.1, 0.15) is 0 Å². The minimum Gasteiger partial charge on any atom is -0.449 e. The van der Waals surface area contributed by atoms with Crippen LogP contribution in [-0.4, -0.2) is 43.8 Å². The molecule has 1 N–H and O–H groups in total. The van der Waals surface area contributed by atoms with Crippen LogP contribution in [0.15, 0.2) is 83.8 Å². The fourth-order valence-electron chi connectivity index (χ4n) is 3.99. The van der Waals surface area contributed by atoms with E-state index in [4.69, 9.17) is 4.74 Å². The zero-order valence-corrected chi connectivity index (χ0v) is 20.3. The molecule has 1 unspecified atom stereocenters. The average Bonchev–Trinajstić information content (AvgIpc) is 2.89. The Morgan fingerprint density at radius 3 is 2.31 bits per heavy atom. The van der Waals surface area contributed by atoms with E-state index in [0.717, 1.165) is 16.7 Å². The molecule has 0 saturated carbocycles. The van der Waals surface area contributed by atoms with Crippen LogP contribution in [0.5, 0.6) is 0 Å². The van der Waals surface area contributed by atoms with Crippen molar-refractivity contribution in [2.24, 2.45) is 0 Å². The van der Waals surface area contributed by atoms with Crippen LogP contribution in [0, 0.1) is 0 Å². The summed E-state index contributed by atoms with van der Waals surface area (Å²) in [6.45, 7) is 2.65. The molecule has 35 heavy (non-hydrogen) atoms. The highest BCUT2D eigenvalue weighted by Crippen LogP contribution is 2.25. The Morgan fingerprint density at radius 1 is 0.943 bits per heavy atom. The van der Waals surface area contributed by atoms with E-state index in [9.17, 15) is 18.0 Å². The van der Waals surface area contributed by atoms with E-state index < -0.39 is 22.1 Å². The summed E-state index contributed by atoms with van der Waals surface area (Å²) < 4.78 is 32.9. The lowest BCUT2D eigenvalue weighted by Gasteiger charge is -2.28. The zero-order chi connectivity index (χ0) is 24.8. The minimum atomic E-state index is -3.70. The van der Waals surface area contributed by atoms with Crippen molar-refractivity contribution >= 4 is 21.9 Å². The maximum atomic E-state index is 13.1. The van der Waals surface area contributed by atoms with Crippen LogP contribution in [0.25, 0.3) is 0 Å². The molecule has 1 aliphatic rings. The molecule has 0 bridgehead atoms. The summed E-state index contributed by atoms with van der Waals surface area (Å²) in [4.78, 5) is 24.9. The van der Waals surface area contributed by atoms with Crippen LogP contribution in [-0.2, 0) is 38.9 Å². The van der Waals surface area contributed by atoms with Crippen molar-refractivity contribution in [2.75, 3.05) is 13.1 Å². The first kappa shape index (κ1) is 24.6. The number of carbonyl (C=O) groups is 2. The van der Waals surface area contributed by atoms with Gasteiger partial charge < -0.3 is 10.1 Å². The first-order chi connectivity index (χ1) is 16.8. The van der Waals surface area contributed by atoms with Crippen molar-refractivity contribution < 1.29 is 22.7 Å². The van der Waals surface area contributed by atoms with Gasteiger partial charge >= 0.3 is 5.97 Å². The summed E-state index contributed by atoms with van der Waals surface area (Å²) in [5.41, 5.74) is 3.44. The number of hydrogen-bond donors (Lipinski definition) is 1. The van der Waals surface area contributed by atoms with Crippen LogP contribution < -0.4 is 5.32 Å². The highest BCUT2D eigenvalue weighted by molar-refractivity contribution is 7.89. The van der Waals surface area contributed by atoms with Crippen LogP contribution in [0.1, 0.15) is 34.0 Å². The molecule has 0 fully saturated rings. The Morgan fingerprint density at radius 2 is 1.60 bits per heavy atom. The average molecular weight is 493 g/mol. The molecule has 8 heteroatoms. The number of ether oxygens (including phenoxy) is 1. The van der Waals surface area contributed by atoms with Gasteiger partial charge in [-0.25, -0.2) is 13.2 Å². The fraction of sp³-hybridized carbons (Fsp3) is 0.259. The molecular weight excluding hydrogens is 464 g/mol. The Kier molecular flexibility index (Phi) is 7.63. The lowest BCUT2D eigenvalue weighted by Crippen LogP contribution is -2.37. The van der Waals surface area contributed by atoms with Crippen LogP contribution in [0.3, 0.4) is 0 Å². The molecule has 1 aliphatic heterocycles. The van der Waals surface area contributed by atoms with Crippen molar-refractivity contribution in [3.63, 3.8) is 0 Å². The molecular formula is C27H28N2O5S. The number of rotatable bonds is 8. The highest BCUT2D eigenvalue weighted by atomic mass is 32.2. The van der Waals surface area contributed by atoms with Crippen LogP contribution >= 0.6 is 0 Å². The minimum absolute atomic E-state index is 0.111. The predicted octanol–water partition coefficient (Wildman–Crippen LogP) is 3.34. The lowest BCUT2D eigenvalue weighted by atomic mass is 10.0. The number of nitrogens with one attached hydrogen (secondary N) is 1. The molecule has 0 aromatic heterocycles. The Hall–Kier alpha value is -3.49. The molecule has 1 atom stereocenters. The number of carbonyl (C=O) groups excluding carboxylic acids is 2. The molecule has 0 saturated heterocycles. The highest BCUT2D eigenvalue weighted by Gasteiger charge is 2.28. The van der Waals surface area contributed by atoms with E-state index in [1.807, 2.05) is 54.6 Å². The third-order valence-corrected chi connectivity index (χ3v) is 7.89. The molecule has 1 amide bonds. The Balaban J connectivity index is 1.32. The monoisotopic (exact) mass is 492 g/mol. The molecule has 3 aromatic carbocycles. The largest absolute Gasteiger partial charge is 0.449 e. The number of nitrogens with zero attached hydrogens (tertiary/aromatic N) is 1. The molecule has 4 rings (SSSR count). The second-order valence-electron chi connectivity index (χ2n) is 8.46. The number of sulfonamides is 1. The quantitative estimate of drug-likeness (QED) is 0.487. The van der Waals surface area contributed by atoms with Crippen LogP contribution in [0.2, 0.25) is 0 Å². The summed E-state index contributed by atoms with van der Waals surface area (Å²) >= 11 is 0. The first-order valence-electron chi connectivity index (χ1n) is 11.5. The number of hydrogen-bond acceptors (Lipinski definition) is 5. The van der Waals surface area contributed by atoms with Crippen molar-refractivity contribution in [3.05, 3.63) is 101 Å². The standard InChI is InChI=1S/C27H28N2O5S/c1-20(26(30)28-17-15-21-7-3-2-4-8-21)34-27(31)23-11-13-25(14-12-23)35(32,33)29-18-16-22-9-5-6-10-24(22)19-29/h2-14,20H,15-19H2,1H3,(H,28,30). The van der Waals surface area contributed by atoms with E-state index in [0.29, 0.717) is 32.5 Å². The summed E-state index contributed by atoms with van der Waals surface area (Å²) in [6, 6.07) is 23.2. The van der Waals surface area contributed by atoms with Gasteiger partial charge in [-0.05, 0) is 60.7 Å². The van der Waals surface area contributed by atoms with Gasteiger partial charge in [0, 0.05) is 19.6 Å². The molecule has 0 aliphatic carbocycles. The molecule has 1 heterocycles. The molecule has 182 valence electrons. The van der Waals surface area contributed by atoms with E-state index in [1.54, 1.807) is 0 Å². The number of benzene rings is 3. The second-order valence-corrected chi connectivity index (χ2v) is 10.4. The van der Waals surface area contributed by atoms with E-state index in [-0.39, 0.29) is 16.4 Å². The Bertz CT molecular complexity index is 1290. The number of amides is 1. The van der Waals surface area contributed by atoms with Crippen molar-refractivity contribution in [2.45, 2.75) is 37.3 Å². The summed E-state index contributed by atoms with van der Waals surface area (Å²) in [6.07, 6.45) is 0.353. The normalized spacial score (nSPS) is 14.5. The molecule has 7 nitrogen and oxygen atoms in total. The van der Waals surface area contributed by atoms with Gasteiger partial charge in [-0.2, -0.15) is 4.31 Å². The van der Waals surface area contributed by atoms with Crippen molar-refractivity contribution in [3.8, 4) is 0 Å². The second kappa shape index (κ2) is 10.8. The van der Waals surface area contributed by atoms with Gasteiger partial charge in [-0.1, -0.05) is 54.6 Å². The van der Waals surface area contributed by atoms with Gasteiger partial charge in [0.15, 0.2) is 6.10 Å². The molecule has 0 radical (unpaired) electrons.